The van der Waals surface area contributed by atoms with Gasteiger partial charge in [0.05, 0.1) is 13.2 Å². The summed E-state index contributed by atoms with van der Waals surface area (Å²) in [5.74, 6) is 1.58. The maximum absolute atomic E-state index is 5.82. The fourth-order valence-electron chi connectivity index (χ4n) is 3.28. The lowest BCUT2D eigenvalue weighted by Crippen LogP contribution is -2.24. The minimum Gasteiger partial charge on any atom is -0.481 e. The van der Waals surface area contributed by atoms with Gasteiger partial charge in [-0.3, -0.25) is 0 Å². The molecule has 0 radical (unpaired) electrons. The summed E-state index contributed by atoms with van der Waals surface area (Å²) in [4.78, 5) is 12.9. The summed E-state index contributed by atoms with van der Waals surface area (Å²) in [5.41, 5.74) is 8.45. The number of methoxy groups -OCH3 is 1. The molecule has 1 saturated heterocycles. The van der Waals surface area contributed by atoms with Gasteiger partial charge in [0.25, 0.3) is 0 Å². The van der Waals surface area contributed by atoms with Crippen LogP contribution in [0.3, 0.4) is 0 Å². The average Bonchev–Trinajstić information content (AvgIpc) is 3.04. The molecule has 1 fully saturated rings. The highest BCUT2D eigenvalue weighted by molar-refractivity contribution is 5.49. The highest BCUT2D eigenvalue weighted by atomic mass is 16.5. The second kappa shape index (κ2) is 7.05. The van der Waals surface area contributed by atoms with Crippen LogP contribution in [0.2, 0.25) is 0 Å². The van der Waals surface area contributed by atoms with Crippen LogP contribution in [0.5, 0.6) is 5.88 Å². The number of aromatic nitrogens is 2. The fourth-order valence-corrected chi connectivity index (χ4v) is 3.28. The van der Waals surface area contributed by atoms with Crippen LogP contribution >= 0.6 is 0 Å². The van der Waals surface area contributed by atoms with E-state index in [9.17, 15) is 0 Å². The Hall–Kier alpha value is -2.34. The first-order valence-electron chi connectivity index (χ1n) is 8.25. The maximum Gasteiger partial charge on any atom is 0.225 e. The number of nitrogen functional groups attached to an aromatic ring is 1. The van der Waals surface area contributed by atoms with Gasteiger partial charge in [0.1, 0.15) is 5.82 Å². The van der Waals surface area contributed by atoms with E-state index >= 15 is 0 Å². The van der Waals surface area contributed by atoms with E-state index in [1.54, 1.807) is 7.11 Å². The van der Waals surface area contributed by atoms with E-state index in [0.29, 0.717) is 11.9 Å². The Bertz CT molecular complexity index is 686. The highest BCUT2D eigenvalue weighted by Crippen LogP contribution is 2.36. The number of nitrogens with zero attached hydrogens (tertiary/aromatic N) is 4. The van der Waals surface area contributed by atoms with Gasteiger partial charge in [-0.05, 0) is 38.1 Å². The molecule has 3 rings (SSSR count). The quantitative estimate of drug-likeness (QED) is 0.910. The number of hydrogen-bond donors (Lipinski definition) is 1. The predicted molar refractivity (Wildman–Crippen MR) is 96.2 cm³/mol. The summed E-state index contributed by atoms with van der Waals surface area (Å²) in [6.07, 6.45) is 2.25. The number of nitrogens with two attached hydrogens (primary N) is 1. The van der Waals surface area contributed by atoms with Gasteiger partial charge in [0, 0.05) is 19.2 Å². The van der Waals surface area contributed by atoms with Gasteiger partial charge in [-0.2, -0.15) is 9.97 Å². The average molecular weight is 327 g/mol. The van der Waals surface area contributed by atoms with Crippen LogP contribution in [-0.4, -0.2) is 42.6 Å². The van der Waals surface area contributed by atoms with Gasteiger partial charge in [0.15, 0.2) is 0 Å². The van der Waals surface area contributed by atoms with E-state index in [0.717, 1.165) is 31.7 Å². The van der Waals surface area contributed by atoms with Crippen molar-refractivity contribution in [3.05, 3.63) is 41.5 Å². The molecular weight excluding hydrogens is 302 g/mol. The van der Waals surface area contributed by atoms with E-state index in [1.807, 2.05) is 6.07 Å². The van der Waals surface area contributed by atoms with Crippen LogP contribution in [0.15, 0.2) is 30.3 Å². The van der Waals surface area contributed by atoms with Crippen LogP contribution < -0.4 is 15.4 Å². The number of rotatable bonds is 5. The lowest BCUT2D eigenvalue weighted by atomic mass is 10.0. The molecule has 1 aromatic carbocycles. The van der Waals surface area contributed by atoms with Gasteiger partial charge in [-0.1, -0.05) is 24.3 Å². The van der Waals surface area contributed by atoms with Crippen molar-refractivity contribution in [3.63, 3.8) is 0 Å². The number of ether oxygens (including phenoxy) is 1. The van der Waals surface area contributed by atoms with Crippen LogP contribution in [0.1, 0.15) is 30.0 Å². The van der Waals surface area contributed by atoms with Gasteiger partial charge >= 0.3 is 0 Å². The summed E-state index contributed by atoms with van der Waals surface area (Å²) in [6, 6.07) is 11.0. The van der Waals surface area contributed by atoms with Crippen molar-refractivity contribution >= 4 is 11.8 Å². The molecule has 24 heavy (non-hydrogen) atoms. The molecule has 1 atom stereocenters. The molecule has 2 heterocycles. The third-order valence-corrected chi connectivity index (χ3v) is 4.33. The van der Waals surface area contributed by atoms with Gasteiger partial charge in [0.2, 0.25) is 11.8 Å². The molecule has 0 saturated carbocycles. The Morgan fingerprint density at radius 1 is 1.25 bits per heavy atom. The molecule has 0 aliphatic carbocycles. The molecule has 1 aliphatic heterocycles. The third kappa shape index (κ3) is 3.59. The Labute approximate surface area is 143 Å². The zero-order valence-corrected chi connectivity index (χ0v) is 14.6. The first-order valence-corrected chi connectivity index (χ1v) is 8.25. The lowest BCUT2D eigenvalue weighted by molar-refractivity contribution is 0.397. The van der Waals surface area contributed by atoms with E-state index in [1.165, 1.54) is 11.1 Å². The van der Waals surface area contributed by atoms with Crippen LogP contribution in [-0.2, 0) is 6.54 Å². The molecule has 128 valence electrons. The van der Waals surface area contributed by atoms with Gasteiger partial charge < -0.3 is 20.3 Å². The van der Waals surface area contributed by atoms with E-state index in [2.05, 4.69) is 58.1 Å². The van der Waals surface area contributed by atoms with Crippen molar-refractivity contribution in [3.8, 4) is 5.88 Å². The molecule has 0 spiro atoms. The zero-order chi connectivity index (χ0) is 17.1. The summed E-state index contributed by atoms with van der Waals surface area (Å²) in [5, 5.41) is 0. The first kappa shape index (κ1) is 16.5. The second-order valence-electron chi connectivity index (χ2n) is 6.46. The van der Waals surface area contributed by atoms with Crippen LogP contribution in [0.25, 0.3) is 0 Å². The summed E-state index contributed by atoms with van der Waals surface area (Å²) in [7, 11) is 5.76. The minimum absolute atomic E-state index is 0.247. The smallest absolute Gasteiger partial charge is 0.225 e. The Kier molecular flexibility index (Phi) is 4.85. The Balaban J connectivity index is 1.84. The van der Waals surface area contributed by atoms with Crippen molar-refractivity contribution in [2.24, 2.45) is 0 Å². The minimum atomic E-state index is 0.247. The Morgan fingerprint density at radius 3 is 2.67 bits per heavy atom. The SMILES string of the molecule is COc1cc(N2CCCC2c2ccc(CN(C)C)cc2)nc(N)n1. The standard InChI is InChI=1S/C18H25N5O/c1-22(2)12-13-6-8-14(9-7-13)15-5-4-10-23(15)16-11-17(24-3)21-18(19)20-16/h6-9,11,15H,4-5,10,12H2,1-3H3,(H2,19,20,21). The zero-order valence-electron chi connectivity index (χ0n) is 14.6. The van der Waals surface area contributed by atoms with Gasteiger partial charge in [-0.25, -0.2) is 0 Å². The molecule has 1 unspecified atom stereocenters. The molecule has 6 nitrogen and oxygen atoms in total. The van der Waals surface area contributed by atoms with Crippen molar-refractivity contribution in [1.82, 2.24) is 14.9 Å². The molecular formula is C18H25N5O. The predicted octanol–water partition coefficient (Wildman–Crippen LogP) is 2.47. The van der Waals surface area contributed by atoms with Crippen molar-refractivity contribution in [2.45, 2.75) is 25.4 Å². The molecule has 2 N–H and O–H groups in total. The molecule has 2 aromatic rings. The van der Waals surface area contributed by atoms with Crippen molar-refractivity contribution in [2.75, 3.05) is 38.4 Å². The monoisotopic (exact) mass is 327 g/mol. The normalized spacial score (nSPS) is 17.5. The molecule has 6 heteroatoms. The Morgan fingerprint density at radius 2 is 2.00 bits per heavy atom. The fraction of sp³-hybridized carbons (Fsp3) is 0.444. The van der Waals surface area contributed by atoms with Crippen LogP contribution in [0.4, 0.5) is 11.8 Å². The van der Waals surface area contributed by atoms with E-state index in [4.69, 9.17) is 10.5 Å². The maximum atomic E-state index is 5.82. The summed E-state index contributed by atoms with van der Waals surface area (Å²) in [6.45, 7) is 1.91. The number of anilines is 2. The lowest BCUT2D eigenvalue weighted by Gasteiger charge is -2.26. The molecule has 1 aromatic heterocycles. The first-order chi connectivity index (χ1) is 11.6. The number of hydrogen-bond acceptors (Lipinski definition) is 6. The van der Waals surface area contributed by atoms with Crippen molar-refractivity contribution in [1.29, 1.82) is 0 Å². The highest BCUT2D eigenvalue weighted by Gasteiger charge is 2.27. The van der Waals surface area contributed by atoms with Crippen molar-refractivity contribution < 1.29 is 4.74 Å². The van der Waals surface area contributed by atoms with Gasteiger partial charge in [-0.15, -0.1) is 0 Å². The number of benzene rings is 1. The second-order valence-corrected chi connectivity index (χ2v) is 6.46. The van der Waals surface area contributed by atoms with E-state index < -0.39 is 0 Å². The van der Waals surface area contributed by atoms with E-state index in [-0.39, 0.29) is 5.95 Å². The van der Waals surface area contributed by atoms with Crippen LogP contribution in [0, 0.1) is 0 Å². The molecule has 1 aliphatic rings. The molecule has 0 amide bonds. The summed E-state index contributed by atoms with van der Waals surface area (Å²) < 4.78 is 5.23. The third-order valence-electron chi connectivity index (χ3n) is 4.33. The topological polar surface area (TPSA) is 67.5 Å². The largest absolute Gasteiger partial charge is 0.481 e. The molecule has 0 bridgehead atoms. The summed E-state index contributed by atoms with van der Waals surface area (Å²) >= 11 is 0.